The number of hydrogen-bond acceptors (Lipinski definition) is 5. The Bertz CT molecular complexity index is 559. The number of hydrogen-bond donors (Lipinski definition) is 0. The fourth-order valence-electron chi connectivity index (χ4n) is 4.09. The van der Waals surface area contributed by atoms with E-state index in [4.69, 9.17) is 9.47 Å². The van der Waals surface area contributed by atoms with E-state index < -0.39 is 11.8 Å². The van der Waals surface area contributed by atoms with Crippen LogP contribution in [0.2, 0.25) is 0 Å². The molecule has 2 heterocycles. The molecule has 3 rings (SSSR count). The van der Waals surface area contributed by atoms with Gasteiger partial charge in [-0.3, -0.25) is 14.5 Å². The van der Waals surface area contributed by atoms with Crippen molar-refractivity contribution < 1.29 is 19.1 Å². The summed E-state index contributed by atoms with van der Waals surface area (Å²) in [7, 11) is 2.76. The lowest BCUT2D eigenvalue weighted by Gasteiger charge is -2.26. The van der Waals surface area contributed by atoms with Crippen LogP contribution in [0.3, 0.4) is 0 Å². The van der Waals surface area contributed by atoms with Crippen LogP contribution in [0.15, 0.2) is 30.3 Å². The Labute approximate surface area is 130 Å². The predicted octanol–water partition coefficient (Wildman–Crippen LogP) is 1.78. The average molecular weight is 303 g/mol. The number of rotatable bonds is 3. The molecule has 0 unspecified atom stereocenters. The second kappa shape index (κ2) is 6.08. The molecule has 22 heavy (non-hydrogen) atoms. The summed E-state index contributed by atoms with van der Waals surface area (Å²) < 4.78 is 9.98. The maximum Gasteiger partial charge on any atom is 0.311 e. The quantitative estimate of drug-likeness (QED) is 0.797. The lowest BCUT2D eigenvalue weighted by molar-refractivity contribution is -0.157. The van der Waals surface area contributed by atoms with E-state index in [1.54, 1.807) is 0 Å². The van der Waals surface area contributed by atoms with E-state index >= 15 is 0 Å². The summed E-state index contributed by atoms with van der Waals surface area (Å²) >= 11 is 0. The van der Waals surface area contributed by atoms with Crippen LogP contribution >= 0.6 is 0 Å². The fraction of sp³-hybridized carbons (Fsp3) is 0.529. The summed E-state index contributed by atoms with van der Waals surface area (Å²) in [4.78, 5) is 27.0. The number of nitrogens with zero attached hydrogens (tertiary/aromatic N) is 1. The Morgan fingerprint density at radius 2 is 1.68 bits per heavy atom. The number of carbonyl (C=O) groups excluding carboxylic acids is 2. The molecular weight excluding hydrogens is 282 g/mol. The van der Waals surface area contributed by atoms with E-state index in [1.165, 1.54) is 14.2 Å². The highest BCUT2D eigenvalue weighted by Crippen LogP contribution is 2.49. The molecule has 0 N–H and O–H groups in total. The highest BCUT2D eigenvalue weighted by atomic mass is 16.5. The highest BCUT2D eigenvalue weighted by Gasteiger charge is 2.57. The summed E-state index contributed by atoms with van der Waals surface area (Å²) in [6.07, 6.45) is 1.95. The molecule has 4 atom stereocenters. The van der Waals surface area contributed by atoms with Gasteiger partial charge in [0.1, 0.15) is 0 Å². The molecular formula is C17H21NO4. The molecule has 0 bridgehead atoms. The standard InChI is InChI=1S/C17H21NO4/c1-21-16(19)13-12-9-6-10-18(12)15(14(13)17(20)22-2)11-7-4-3-5-8-11/h3-5,7-8,12-15H,6,9-10H2,1-2H3/t12-,13-,14+,15-/m1/s1. The molecule has 1 aromatic rings. The highest BCUT2D eigenvalue weighted by molar-refractivity contribution is 5.84. The summed E-state index contributed by atoms with van der Waals surface area (Å²) in [5, 5.41) is 0. The third-order valence-corrected chi connectivity index (χ3v) is 4.93. The zero-order valence-electron chi connectivity index (χ0n) is 12.9. The molecule has 0 saturated carbocycles. The van der Waals surface area contributed by atoms with Crippen LogP contribution in [0.4, 0.5) is 0 Å². The number of carbonyl (C=O) groups is 2. The maximum absolute atomic E-state index is 12.4. The fourth-order valence-corrected chi connectivity index (χ4v) is 4.09. The molecule has 1 aromatic carbocycles. The Hall–Kier alpha value is -1.88. The zero-order chi connectivity index (χ0) is 15.7. The van der Waals surface area contributed by atoms with Crippen molar-refractivity contribution >= 4 is 11.9 Å². The van der Waals surface area contributed by atoms with Gasteiger partial charge >= 0.3 is 11.9 Å². The largest absolute Gasteiger partial charge is 0.469 e. The Morgan fingerprint density at radius 1 is 1.05 bits per heavy atom. The lowest BCUT2D eigenvalue weighted by Crippen LogP contribution is -2.35. The van der Waals surface area contributed by atoms with Gasteiger partial charge in [0.25, 0.3) is 0 Å². The molecule has 118 valence electrons. The number of methoxy groups -OCH3 is 2. The Kier molecular flexibility index (Phi) is 4.16. The van der Waals surface area contributed by atoms with E-state index in [2.05, 4.69) is 4.90 Å². The average Bonchev–Trinajstić information content (AvgIpc) is 3.13. The van der Waals surface area contributed by atoms with Gasteiger partial charge in [-0.25, -0.2) is 0 Å². The minimum atomic E-state index is -0.509. The van der Waals surface area contributed by atoms with Crippen LogP contribution in [-0.4, -0.2) is 43.6 Å². The Morgan fingerprint density at radius 3 is 2.32 bits per heavy atom. The molecule has 2 fully saturated rings. The van der Waals surface area contributed by atoms with E-state index in [9.17, 15) is 9.59 Å². The van der Waals surface area contributed by atoms with Gasteiger partial charge in [-0.05, 0) is 24.9 Å². The predicted molar refractivity (Wildman–Crippen MR) is 79.9 cm³/mol. The first-order valence-electron chi connectivity index (χ1n) is 7.65. The van der Waals surface area contributed by atoms with Gasteiger partial charge in [-0.2, -0.15) is 0 Å². The molecule has 0 radical (unpaired) electrons. The second-order valence-electron chi connectivity index (χ2n) is 5.90. The minimum absolute atomic E-state index is 0.0572. The van der Waals surface area contributed by atoms with E-state index in [0.29, 0.717) is 0 Å². The molecule has 2 aliphatic rings. The van der Waals surface area contributed by atoms with Crippen molar-refractivity contribution in [1.29, 1.82) is 0 Å². The molecule has 5 heteroatoms. The summed E-state index contributed by atoms with van der Waals surface area (Å²) in [6.45, 7) is 0.894. The monoisotopic (exact) mass is 303 g/mol. The van der Waals surface area contributed by atoms with Crippen molar-refractivity contribution in [3.05, 3.63) is 35.9 Å². The van der Waals surface area contributed by atoms with Crippen LogP contribution < -0.4 is 0 Å². The second-order valence-corrected chi connectivity index (χ2v) is 5.90. The number of ether oxygens (including phenoxy) is 2. The van der Waals surface area contributed by atoms with Gasteiger partial charge in [0.2, 0.25) is 0 Å². The molecule has 2 saturated heterocycles. The minimum Gasteiger partial charge on any atom is -0.469 e. The smallest absolute Gasteiger partial charge is 0.311 e. The van der Waals surface area contributed by atoms with Crippen molar-refractivity contribution in [3.63, 3.8) is 0 Å². The van der Waals surface area contributed by atoms with E-state index in [-0.39, 0.29) is 24.0 Å². The lowest BCUT2D eigenvalue weighted by atomic mass is 9.83. The molecule has 2 aliphatic heterocycles. The summed E-state index contributed by atoms with van der Waals surface area (Å²) in [5.41, 5.74) is 1.05. The van der Waals surface area contributed by atoms with Crippen LogP contribution in [-0.2, 0) is 19.1 Å². The van der Waals surface area contributed by atoms with Crippen molar-refractivity contribution in [2.75, 3.05) is 20.8 Å². The molecule has 5 nitrogen and oxygen atoms in total. The van der Waals surface area contributed by atoms with Gasteiger partial charge in [-0.1, -0.05) is 30.3 Å². The third kappa shape index (κ3) is 2.29. The number of esters is 2. The van der Waals surface area contributed by atoms with Crippen molar-refractivity contribution in [1.82, 2.24) is 4.90 Å². The van der Waals surface area contributed by atoms with Gasteiger partial charge in [0.05, 0.1) is 26.1 Å². The maximum atomic E-state index is 12.4. The number of fused-ring (bicyclic) bond motifs is 1. The zero-order valence-corrected chi connectivity index (χ0v) is 12.9. The molecule has 0 aromatic heterocycles. The van der Waals surface area contributed by atoms with Crippen LogP contribution in [0.25, 0.3) is 0 Å². The molecule has 0 amide bonds. The summed E-state index contributed by atoms with van der Waals surface area (Å²) in [6, 6.07) is 9.82. The normalized spacial score (nSPS) is 30.8. The van der Waals surface area contributed by atoms with E-state index in [1.807, 2.05) is 30.3 Å². The van der Waals surface area contributed by atoms with Crippen LogP contribution in [0, 0.1) is 11.8 Å². The first-order valence-corrected chi connectivity index (χ1v) is 7.65. The third-order valence-electron chi connectivity index (χ3n) is 4.93. The molecule has 0 aliphatic carbocycles. The van der Waals surface area contributed by atoms with Crippen molar-refractivity contribution in [3.8, 4) is 0 Å². The first kappa shape index (κ1) is 15.0. The van der Waals surface area contributed by atoms with Crippen molar-refractivity contribution in [2.24, 2.45) is 11.8 Å². The molecule has 0 spiro atoms. The topological polar surface area (TPSA) is 55.8 Å². The first-order chi connectivity index (χ1) is 10.7. The SMILES string of the molecule is COC(=O)[C@H]1[C@H](C(=O)OC)[C@@H](c2ccccc2)N2CCC[C@H]12. The summed E-state index contributed by atoms with van der Waals surface area (Å²) in [5.74, 6) is -1.61. The van der Waals surface area contributed by atoms with E-state index in [0.717, 1.165) is 24.9 Å². The van der Waals surface area contributed by atoms with Gasteiger partial charge in [0.15, 0.2) is 0 Å². The van der Waals surface area contributed by atoms with Crippen LogP contribution in [0.1, 0.15) is 24.4 Å². The van der Waals surface area contributed by atoms with Crippen molar-refractivity contribution in [2.45, 2.75) is 24.9 Å². The van der Waals surface area contributed by atoms with Crippen LogP contribution in [0.5, 0.6) is 0 Å². The Balaban J connectivity index is 2.05. The van der Waals surface area contributed by atoms with Gasteiger partial charge in [-0.15, -0.1) is 0 Å². The van der Waals surface area contributed by atoms with Gasteiger partial charge < -0.3 is 9.47 Å². The van der Waals surface area contributed by atoms with Gasteiger partial charge in [0, 0.05) is 12.1 Å². The number of benzene rings is 1.